The number of nitrogens with zero attached hydrogens (tertiary/aromatic N) is 2. The van der Waals surface area contributed by atoms with E-state index in [2.05, 4.69) is 4.99 Å². The Kier molecular flexibility index (Phi) is 5.32. The molecule has 0 fully saturated rings. The Bertz CT molecular complexity index is 1290. The Balaban J connectivity index is 1.79. The molecule has 0 saturated heterocycles. The van der Waals surface area contributed by atoms with Crippen molar-refractivity contribution in [1.29, 1.82) is 5.26 Å². The molecular weight excluding hydrogens is 447 g/mol. The van der Waals surface area contributed by atoms with Crippen molar-refractivity contribution in [2.24, 2.45) is 10.7 Å². The smallest absolute Gasteiger partial charge is 0.416 e. The van der Waals surface area contributed by atoms with Gasteiger partial charge in [-0.1, -0.05) is 11.6 Å². The minimum Gasteiger partial charge on any atom is -0.507 e. The number of fused-ring (bicyclic) bond motifs is 1. The molecule has 0 saturated carbocycles. The van der Waals surface area contributed by atoms with E-state index < -0.39 is 17.7 Å². The number of nitrogens with two attached hydrogens (primary N) is 1. The van der Waals surface area contributed by atoms with E-state index in [1.807, 2.05) is 6.07 Å². The average molecular weight is 460 g/mol. The zero-order valence-electron chi connectivity index (χ0n) is 16.0. The fourth-order valence-electron chi connectivity index (χ4n) is 3.29. The molecule has 1 aliphatic rings. The second kappa shape index (κ2) is 7.98. The van der Waals surface area contributed by atoms with Gasteiger partial charge >= 0.3 is 6.18 Å². The summed E-state index contributed by atoms with van der Waals surface area (Å²) in [5.41, 5.74) is 5.57. The molecule has 1 atom stereocenters. The molecule has 1 aliphatic heterocycles. The number of hydrogen-bond acceptors (Lipinski definition) is 6. The molecule has 3 N–H and O–H groups in total. The SMILES string of the molecule is N#CC1=C(N)Oc2cc(O)c(C=Nc3cc(C(F)(F)F)ccc3Cl)cc2[C@@H]1c1ccco1. The highest BCUT2D eigenvalue weighted by Crippen LogP contribution is 2.44. The van der Waals surface area contributed by atoms with Crippen LogP contribution in [-0.2, 0) is 6.18 Å². The number of aromatic hydroxyl groups is 1. The monoisotopic (exact) mass is 459 g/mol. The Hall–Kier alpha value is -3.90. The van der Waals surface area contributed by atoms with E-state index in [1.54, 1.807) is 12.1 Å². The molecule has 0 aliphatic carbocycles. The number of alkyl halides is 3. The van der Waals surface area contributed by atoms with Gasteiger partial charge in [-0.2, -0.15) is 18.4 Å². The summed E-state index contributed by atoms with van der Waals surface area (Å²) in [5, 5.41) is 20.0. The van der Waals surface area contributed by atoms with E-state index in [0.29, 0.717) is 11.3 Å². The summed E-state index contributed by atoms with van der Waals surface area (Å²) >= 11 is 5.98. The molecule has 32 heavy (non-hydrogen) atoms. The van der Waals surface area contributed by atoms with Gasteiger partial charge in [0.05, 0.1) is 28.5 Å². The van der Waals surface area contributed by atoms with Crippen molar-refractivity contribution in [3.63, 3.8) is 0 Å². The lowest BCUT2D eigenvalue weighted by Gasteiger charge is -2.25. The number of phenolic OH excluding ortho intramolecular Hbond substituents is 1. The Morgan fingerprint density at radius 1 is 1.22 bits per heavy atom. The van der Waals surface area contributed by atoms with E-state index in [4.69, 9.17) is 26.5 Å². The lowest BCUT2D eigenvalue weighted by Crippen LogP contribution is -2.21. The van der Waals surface area contributed by atoms with Crippen LogP contribution in [0.1, 0.15) is 28.4 Å². The van der Waals surface area contributed by atoms with E-state index in [0.717, 1.165) is 18.2 Å². The minimum absolute atomic E-state index is 0.00553. The van der Waals surface area contributed by atoms with Crippen molar-refractivity contribution < 1.29 is 27.4 Å². The predicted molar refractivity (Wildman–Crippen MR) is 110 cm³/mol. The molecule has 0 unspecified atom stereocenters. The standard InChI is InChI=1S/C22H13ClF3N3O3/c23-15-4-3-12(22(24,25)26)7-16(15)29-10-11-6-13-19(8-17(11)30)32-21(28)14(9-27)20(13)18-2-1-5-31-18/h1-8,10,20,30H,28H2/t20-/m0/s1. The Morgan fingerprint density at radius 2 is 2.00 bits per heavy atom. The van der Waals surface area contributed by atoms with Gasteiger partial charge < -0.3 is 20.0 Å². The van der Waals surface area contributed by atoms with Gasteiger partial charge in [-0.05, 0) is 36.4 Å². The van der Waals surface area contributed by atoms with Crippen molar-refractivity contribution in [3.05, 3.63) is 87.7 Å². The molecule has 2 aromatic carbocycles. The van der Waals surface area contributed by atoms with E-state index >= 15 is 0 Å². The van der Waals surface area contributed by atoms with Crippen LogP contribution in [0.4, 0.5) is 18.9 Å². The van der Waals surface area contributed by atoms with Crippen LogP contribution in [0.25, 0.3) is 0 Å². The van der Waals surface area contributed by atoms with Crippen molar-refractivity contribution in [1.82, 2.24) is 0 Å². The molecule has 4 rings (SSSR count). The van der Waals surface area contributed by atoms with Crippen LogP contribution in [0.3, 0.4) is 0 Å². The highest BCUT2D eigenvalue weighted by Gasteiger charge is 2.33. The maximum atomic E-state index is 13.0. The van der Waals surface area contributed by atoms with E-state index in [9.17, 15) is 23.5 Å². The first kappa shape index (κ1) is 21.3. The van der Waals surface area contributed by atoms with E-state index in [-0.39, 0.29) is 39.2 Å². The number of hydrogen-bond donors (Lipinski definition) is 2. The van der Waals surface area contributed by atoms with Crippen LogP contribution in [0.15, 0.2) is 69.6 Å². The number of aliphatic imine (C=N–C) groups is 1. The highest BCUT2D eigenvalue weighted by atomic mass is 35.5. The summed E-state index contributed by atoms with van der Waals surface area (Å²) < 4.78 is 49.9. The van der Waals surface area contributed by atoms with Crippen LogP contribution < -0.4 is 10.5 Å². The number of allylic oxidation sites excluding steroid dienone is 1. The first-order chi connectivity index (χ1) is 15.2. The van der Waals surface area contributed by atoms with Crippen LogP contribution >= 0.6 is 11.6 Å². The van der Waals surface area contributed by atoms with Gasteiger partial charge in [0.2, 0.25) is 5.88 Å². The highest BCUT2D eigenvalue weighted by molar-refractivity contribution is 6.33. The predicted octanol–water partition coefficient (Wildman–Crippen LogP) is 5.63. The summed E-state index contributed by atoms with van der Waals surface area (Å²) in [5.74, 6) is -0.471. The molecule has 0 amide bonds. The second-order valence-electron chi connectivity index (χ2n) is 6.81. The van der Waals surface area contributed by atoms with Crippen molar-refractivity contribution in [2.75, 3.05) is 0 Å². The van der Waals surface area contributed by atoms with Gasteiger partial charge in [-0.3, -0.25) is 4.99 Å². The quantitative estimate of drug-likeness (QED) is 0.494. The number of rotatable bonds is 3. The van der Waals surface area contributed by atoms with Gasteiger partial charge in [-0.25, -0.2) is 0 Å². The third-order valence-corrected chi connectivity index (χ3v) is 5.13. The summed E-state index contributed by atoms with van der Waals surface area (Å²) in [6, 6.07) is 10.8. The van der Waals surface area contributed by atoms with Crippen molar-refractivity contribution in [3.8, 4) is 17.6 Å². The molecule has 0 radical (unpaired) electrons. The maximum Gasteiger partial charge on any atom is 0.416 e. The molecule has 162 valence electrons. The molecule has 1 aromatic heterocycles. The zero-order valence-corrected chi connectivity index (χ0v) is 16.8. The fourth-order valence-corrected chi connectivity index (χ4v) is 3.46. The molecule has 6 nitrogen and oxygen atoms in total. The molecule has 2 heterocycles. The normalized spacial score (nSPS) is 16.0. The summed E-state index contributed by atoms with van der Waals surface area (Å²) in [6.07, 6.45) is -1.95. The lowest BCUT2D eigenvalue weighted by molar-refractivity contribution is -0.137. The van der Waals surface area contributed by atoms with Gasteiger partial charge in [0.15, 0.2) is 0 Å². The summed E-state index contributed by atoms with van der Waals surface area (Å²) in [4.78, 5) is 4.02. The molecule has 10 heteroatoms. The number of phenols is 1. The van der Waals surface area contributed by atoms with Crippen molar-refractivity contribution in [2.45, 2.75) is 12.1 Å². The van der Waals surface area contributed by atoms with Crippen LogP contribution in [0.5, 0.6) is 11.5 Å². The van der Waals surface area contributed by atoms with Crippen LogP contribution in [0.2, 0.25) is 5.02 Å². The molecule has 0 bridgehead atoms. The van der Waals surface area contributed by atoms with Gasteiger partial charge in [0, 0.05) is 23.4 Å². The van der Waals surface area contributed by atoms with Crippen LogP contribution in [-0.4, -0.2) is 11.3 Å². The van der Waals surface area contributed by atoms with Gasteiger partial charge in [0.1, 0.15) is 28.9 Å². The van der Waals surface area contributed by atoms with E-state index in [1.165, 1.54) is 24.6 Å². The average Bonchev–Trinajstić information content (AvgIpc) is 3.26. The Labute approximate surface area is 184 Å². The minimum atomic E-state index is -4.56. The number of nitriles is 1. The molecule has 3 aromatic rings. The van der Waals surface area contributed by atoms with Gasteiger partial charge in [0.25, 0.3) is 0 Å². The Morgan fingerprint density at radius 3 is 2.66 bits per heavy atom. The van der Waals surface area contributed by atoms with Crippen LogP contribution in [0, 0.1) is 11.3 Å². The maximum absolute atomic E-state index is 13.0. The molecule has 0 spiro atoms. The summed E-state index contributed by atoms with van der Waals surface area (Å²) in [6.45, 7) is 0. The largest absolute Gasteiger partial charge is 0.507 e. The fraction of sp³-hybridized carbons (Fsp3) is 0.0909. The second-order valence-corrected chi connectivity index (χ2v) is 7.22. The van der Waals surface area contributed by atoms with Gasteiger partial charge in [-0.15, -0.1) is 0 Å². The van der Waals surface area contributed by atoms with Crippen molar-refractivity contribution >= 4 is 23.5 Å². The third kappa shape index (κ3) is 3.88. The number of benzene rings is 2. The topological polar surface area (TPSA) is 105 Å². The number of halogens is 4. The third-order valence-electron chi connectivity index (χ3n) is 4.81. The number of furan rings is 1. The lowest BCUT2D eigenvalue weighted by atomic mass is 9.86. The zero-order chi connectivity index (χ0) is 23.0. The summed E-state index contributed by atoms with van der Waals surface area (Å²) in [7, 11) is 0. The first-order valence-electron chi connectivity index (χ1n) is 9.07. The first-order valence-corrected chi connectivity index (χ1v) is 9.45. The molecular formula is C22H13ClF3N3O3. The number of ether oxygens (including phenoxy) is 1.